The van der Waals surface area contributed by atoms with Gasteiger partial charge >= 0.3 is 18.1 Å². The van der Waals surface area contributed by atoms with Crippen LogP contribution in [0.2, 0.25) is 5.02 Å². The van der Waals surface area contributed by atoms with Crippen molar-refractivity contribution in [1.82, 2.24) is 0 Å². The van der Waals surface area contributed by atoms with E-state index in [-0.39, 0.29) is 47.8 Å². The van der Waals surface area contributed by atoms with Crippen LogP contribution in [-0.4, -0.2) is 25.2 Å². The number of rotatable bonds is 5. The Kier molecular flexibility index (Phi) is 6.13. The van der Waals surface area contributed by atoms with Gasteiger partial charge in [0.2, 0.25) is 0 Å². The van der Waals surface area contributed by atoms with Gasteiger partial charge in [-0.25, -0.2) is 0 Å². The third-order valence-corrected chi connectivity index (χ3v) is 5.46. The van der Waals surface area contributed by atoms with Crippen molar-refractivity contribution >= 4 is 23.5 Å². The molecule has 0 saturated carbocycles. The van der Waals surface area contributed by atoms with E-state index in [1.54, 1.807) is 26.0 Å². The van der Waals surface area contributed by atoms with Crippen LogP contribution in [0.25, 0.3) is 11.1 Å². The smallest absolute Gasteiger partial charge is 0.417 e. The van der Waals surface area contributed by atoms with E-state index in [1.807, 2.05) is 0 Å². The molecule has 0 heterocycles. The van der Waals surface area contributed by atoms with Gasteiger partial charge in [0.15, 0.2) is 5.41 Å². The van der Waals surface area contributed by atoms with E-state index in [0.717, 1.165) is 6.07 Å². The second kappa shape index (κ2) is 8.30. The Hall–Kier alpha value is -2.54. The molecule has 8 heteroatoms. The van der Waals surface area contributed by atoms with Crippen LogP contribution in [0.4, 0.5) is 13.2 Å². The van der Waals surface area contributed by atoms with Gasteiger partial charge in [-0.05, 0) is 55.5 Å². The highest BCUT2D eigenvalue weighted by Crippen LogP contribution is 2.46. The van der Waals surface area contributed by atoms with Crippen LogP contribution in [0.15, 0.2) is 36.4 Å². The van der Waals surface area contributed by atoms with Crippen molar-refractivity contribution in [3.63, 3.8) is 0 Å². The molecule has 160 valence electrons. The molecule has 2 aromatic carbocycles. The summed E-state index contributed by atoms with van der Waals surface area (Å²) in [7, 11) is 0. The molecule has 0 saturated heterocycles. The lowest BCUT2D eigenvalue weighted by molar-refractivity contribution is -0.171. The molecule has 0 spiro atoms. The maximum Gasteiger partial charge on any atom is 0.417 e. The van der Waals surface area contributed by atoms with E-state index < -0.39 is 29.1 Å². The Morgan fingerprint density at radius 3 is 2.00 bits per heavy atom. The van der Waals surface area contributed by atoms with Gasteiger partial charge in [-0.15, -0.1) is 0 Å². The van der Waals surface area contributed by atoms with Crippen LogP contribution < -0.4 is 0 Å². The number of alkyl halides is 3. The zero-order chi connectivity index (χ0) is 22.1. The largest absolute Gasteiger partial charge is 0.465 e. The first kappa shape index (κ1) is 22.2. The Morgan fingerprint density at radius 1 is 0.967 bits per heavy atom. The van der Waals surface area contributed by atoms with Crippen LogP contribution in [0.5, 0.6) is 0 Å². The lowest BCUT2D eigenvalue weighted by Gasteiger charge is -2.23. The highest BCUT2D eigenvalue weighted by atomic mass is 35.5. The molecule has 1 aliphatic rings. The van der Waals surface area contributed by atoms with Crippen molar-refractivity contribution in [2.24, 2.45) is 5.41 Å². The lowest BCUT2D eigenvalue weighted by Crippen LogP contribution is -2.43. The molecule has 0 aromatic heterocycles. The quantitative estimate of drug-likeness (QED) is 0.471. The fourth-order valence-corrected chi connectivity index (χ4v) is 4.02. The summed E-state index contributed by atoms with van der Waals surface area (Å²) in [5, 5.41) is 0.169. The Bertz CT molecular complexity index is 967. The molecule has 0 atom stereocenters. The van der Waals surface area contributed by atoms with E-state index in [4.69, 9.17) is 21.1 Å². The molecule has 1 aliphatic carbocycles. The minimum absolute atomic E-state index is 0.0367. The third kappa shape index (κ3) is 3.90. The molecule has 0 amide bonds. The van der Waals surface area contributed by atoms with Crippen LogP contribution in [0.1, 0.15) is 30.5 Å². The summed E-state index contributed by atoms with van der Waals surface area (Å²) in [5.41, 5.74) is -1.73. The summed E-state index contributed by atoms with van der Waals surface area (Å²) in [6.45, 7) is 3.26. The molecule has 0 fully saturated rings. The fourth-order valence-electron chi connectivity index (χ4n) is 3.78. The van der Waals surface area contributed by atoms with Crippen molar-refractivity contribution < 1.29 is 32.2 Å². The van der Waals surface area contributed by atoms with Crippen LogP contribution >= 0.6 is 11.6 Å². The van der Waals surface area contributed by atoms with Gasteiger partial charge in [0.25, 0.3) is 0 Å². The number of carbonyl (C=O) groups excluding carboxylic acids is 2. The van der Waals surface area contributed by atoms with Gasteiger partial charge < -0.3 is 9.47 Å². The third-order valence-electron chi connectivity index (χ3n) is 5.13. The predicted molar refractivity (Wildman–Crippen MR) is 105 cm³/mol. The maximum absolute atomic E-state index is 13.9. The number of hydrogen-bond donors (Lipinski definition) is 0. The first-order valence-corrected chi connectivity index (χ1v) is 9.84. The van der Waals surface area contributed by atoms with Crippen molar-refractivity contribution in [3.05, 3.63) is 58.1 Å². The first-order chi connectivity index (χ1) is 14.1. The fraction of sp³-hybridized carbons (Fsp3) is 0.364. The highest BCUT2D eigenvalue weighted by molar-refractivity contribution is 6.33. The first-order valence-electron chi connectivity index (χ1n) is 9.46. The number of carbonyl (C=O) groups is 2. The second-order valence-corrected chi connectivity index (χ2v) is 7.43. The van der Waals surface area contributed by atoms with Crippen LogP contribution in [-0.2, 0) is 38.1 Å². The van der Waals surface area contributed by atoms with E-state index in [1.165, 1.54) is 18.2 Å². The molecule has 0 unspecified atom stereocenters. The number of benzene rings is 2. The average Bonchev–Trinajstić information content (AvgIpc) is 3.07. The van der Waals surface area contributed by atoms with Crippen molar-refractivity contribution in [1.29, 1.82) is 0 Å². The Balaban J connectivity index is 2.17. The molecular formula is C22H20ClF3O4. The summed E-state index contributed by atoms with van der Waals surface area (Å²) < 4.78 is 51.7. The SMILES string of the molecule is CCOC(=O)C1(C(=O)OCC)Cc2cc(-c3ccccc3Cl)c(C(F)(F)F)cc2C1. The monoisotopic (exact) mass is 440 g/mol. The standard InChI is InChI=1S/C22H20ClF3O4/c1-3-29-19(27)21(20(28)30-4-2)11-13-9-16(15-7-5-6-8-18(15)23)17(22(24,25)26)10-14(13)12-21/h5-10H,3-4,11-12H2,1-2H3. The molecule has 0 aliphatic heterocycles. The zero-order valence-corrected chi connectivity index (χ0v) is 17.2. The summed E-state index contributed by atoms with van der Waals surface area (Å²) in [6, 6.07) is 8.58. The van der Waals surface area contributed by atoms with Crippen LogP contribution in [0, 0.1) is 5.41 Å². The van der Waals surface area contributed by atoms with E-state index in [9.17, 15) is 22.8 Å². The highest BCUT2D eigenvalue weighted by Gasteiger charge is 2.53. The average molecular weight is 441 g/mol. The number of esters is 2. The number of fused-ring (bicyclic) bond motifs is 1. The van der Waals surface area contributed by atoms with E-state index in [0.29, 0.717) is 5.56 Å². The summed E-state index contributed by atoms with van der Waals surface area (Å²) in [5.74, 6) is -1.60. The number of ether oxygens (including phenoxy) is 2. The van der Waals surface area contributed by atoms with E-state index in [2.05, 4.69) is 0 Å². The molecule has 0 N–H and O–H groups in total. The second-order valence-electron chi connectivity index (χ2n) is 7.02. The maximum atomic E-state index is 13.9. The molecule has 2 aromatic rings. The Morgan fingerprint density at radius 2 is 1.50 bits per heavy atom. The molecule has 3 rings (SSSR count). The molecule has 4 nitrogen and oxygen atoms in total. The Labute approximate surface area is 176 Å². The van der Waals surface area contributed by atoms with Gasteiger partial charge in [-0.3, -0.25) is 9.59 Å². The van der Waals surface area contributed by atoms with Gasteiger partial charge in [-0.2, -0.15) is 13.2 Å². The number of halogens is 4. The molecular weight excluding hydrogens is 421 g/mol. The topological polar surface area (TPSA) is 52.6 Å². The minimum atomic E-state index is -4.65. The van der Waals surface area contributed by atoms with Crippen LogP contribution in [0.3, 0.4) is 0 Å². The van der Waals surface area contributed by atoms with Gasteiger partial charge in [0.1, 0.15) is 0 Å². The molecule has 30 heavy (non-hydrogen) atoms. The summed E-state index contributed by atoms with van der Waals surface area (Å²) >= 11 is 6.16. The predicted octanol–water partition coefficient (Wildman–Crippen LogP) is 5.24. The zero-order valence-electron chi connectivity index (χ0n) is 16.4. The molecule has 0 bridgehead atoms. The van der Waals surface area contributed by atoms with E-state index >= 15 is 0 Å². The minimum Gasteiger partial charge on any atom is -0.465 e. The normalized spacial score (nSPS) is 14.9. The number of hydrogen-bond acceptors (Lipinski definition) is 4. The van der Waals surface area contributed by atoms with Crippen molar-refractivity contribution in [2.45, 2.75) is 32.9 Å². The van der Waals surface area contributed by atoms with Gasteiger partial charge in [0, 0.05) is 10.6 Å². The van der Waals surface area contributed by atoms with Gasteiger partial charge in [-0.1, -0.05) is 35.9 Å². The summed E-state index contributed by atoms with van der Waals surface area (Å²) in [4.78, 5) is 25.4. The molecule has 0 radical (unpaired) electrons. The summed E-state index contributed by atoms with van der Waals surface area (Å²) in [6.07, 6.45) is -4.97. The van der Waals surface area contributed by atoms with Gasteiger partial charge in [0.05, 0.1) is 18.8 Å². The lowest BCUT2D eigenvalue weighted by atomic mass is 9.84. The van der Waals surface area contributed by atoms with Crippen molar-refractivity contribution in [3.8, 4) is 11.1 Å². The van der Waals surface area contributed by atoms with Crippen molar-refractivity contribution in [2.75, 3.05) is 13.2 Å².